The number of oxazole rings is 1. The Morgan fingerprint density at radius 2 is 1.79 bits per heavy atom. The lowest BCUT2D eigenvalue weighted by molar-refractivity contribution is -0.137. The summed E-state index contributed by atoms with van der Waals surface area (Å²) in [6, 6.07) is 13.7. The minimum absolute atomic E-state index is 0.142. The third-order valence-electron chi connectivity index (χ3n) is 7.65. The third kappa shape index (κ3) is 6.55. The number of hydrogen-bond donors (Lipinski definition) is 3. The van der Waals surface area contributed by atoms with E-state index in [0.717, 1.165) is 75.0 Å². The van der Waals surface area contributed by atoms with Crippen LogP contribution in [0.25, 0.3) is 11.3 Å². The Hall–Kier alpha value is -3.53. The number of nitrogens with one attached hydrogen (secondary N) is 3. The van der Waals surface area contributed by atoms with E-state index in [-0.39, 0.29) is 24.0 Å². The number of amides is 1. The third-order valence-corrected chi connectivity index (χ3v) is 7.65. The first-order chi connectivity index (χ1) is 18.8. The molecule has 5 rings (SSSR count). The van der Waals surface area contributed by atoms with Crippen molar-refractivity contribution in [3.63, 3.8) is 0 Å². The highest BCUT2D eigenvalue weighted by molar-refractivity contribution is 5.95. The number of anilines is 2. The van der Waals surface area contributed by atoms with E-state index in [4.69, 9.17) is 4.42 Å². The van der Waals surface area contributed by atoms with Crippen molar-refractivity contribution in [1.82, 2.24) is 15.6 Å². The molecule has 7 nitrogen and oxygen atoms in total. The second kappa shape index (κ2) is 11.7. The molecule has 3 aromatic rings. The largest absolute Gasteiger partial charge is 0.424 e. The molecule has 2 heterocycles. The van der Waals surface area contributed by atoms with Crippen LogP contribution in [0, 0.1) is 0 Å². The summed E-state index contributed by atoms with van der Waals surface area (Å²) in [5, 5.41) is 9.94. The van der Waals surface area contributed by atoms with Crippen molar-refractivity contribution in [2.75, 3.05) is 30.4 Å². The van der Waals surface area contributed by atoms with Crippen LogP contribution in [-0.4, -0.2) is 49.2 Å². The van der Waals surface area contributed by atoms with Crippen LogP contribution < -0.4 is 20.9 Å². The van der Waals surface area contributed by atoms with Gasteiger partial charge in [-0.3, -0.25) is 4.79 Å². The maximum atomic E-state index is 13.0. The molecule has 3 atom stereocenters. The summed E-state index contributed by atoms with van der Waals surface area (Å²) in [5.41, 5.74) is 1.53. The predicted molar refractivity (Wildman–Crippen MR) is 145 cm³/mol. The van der Waals surface area contributed by atoms with Gasteiger partial charge in [0.05, 0.1) is 11.8 Å². The van der Waals surface area contributed by atoms with Crippen molar-refractivity contribution < 1.29 is 22.4 Å². The Kier molecular flexibility index (Phi) is 8.11. The second-order valence-corrected chi connectivity index (χ2v) is 10.3. The first-order valence-electron chi connectivity index (χ1n) is 13.5. The topological polar surface area (TPSA) is 82.4 Å². The molecule has 1 aliphatic heterocycles. The molecule has 1 saturated carbocycles. The lowest BCUT2D eigenvalue weighted by Gasteiger charge is -2.40. The number of hydrogen-bond acceptors (Lipinski definition) is 6. The van der Waals surface area contributed by atoms with Crippen molar-refractivity contribution in [1.29, 1.82) is 0 Å². The van der Waals surface area contributed by atoms with Gasteiger partial charge < -0.3 is 25.3 Å². The number of benzene rings is 2. The molecule has 0 radical (unpaired) electrons. The van der Waals surface area contributed by atoms with Gasteiger partial charge in [-0.05, 0) is 62.1 Å². The molecule has 2 aliphatic rings. The van der Waals surface area contributed by atoms with E-state index in [9.17, 15) is 18.0 Å². The van der Waals surface area contributed by atoms with Gasteiger partial charge in [-0.1, -0.05) is 25.0 Å². The fourth-order valence-electron chi connectivity index (χ4n) is 5.61. The molecule has 39 heavy (non-hydrogen) atoms. The molecule has 1 aliphatic carbocycles. The number of carbonyl (C=O) groups is 1. The van der Waals surface area contributed by atoms with Crippen LogP contribution in [0.1, 0.15) is 54.4 Å². The molecular formula is C29H34F3N5O2. The highest BCUT2D eigenvalue weighted by Crippen LogP contribution is 2.32. The maximum absolute atomic E-state index is 13.0. The van der Waals surface area contributed by atoms with Gasteiger partial charge in [0.25, 0.3) is 11.9 Å². The summed E-state index contributed by atoms with van der Waals surface area (Å²) < 4.78 is 44.9. The molecule has 0 unspecified atom stereocenters. The monoisotopic (exact) mass is 541 g/mol. The maximum Gasteiger partial charge on any atom is 0.416 e. The molecule has 2 fully saturated rings. The summed E-state index contributed by atoms with van der Waals surface area (Å²) in [5.74, 6) is 0.425. The van der Waals surface area contributed by atoms with Gasteiger partial charge in [0.15, 0.2) is 5.76 Å². The van der Waals surface area contributed by atoms with E-state index in [1.807, 2.05) is 12.1 Å². The van der Waals surface area contributed by atoms with Gasteiger partial charge in [0.1, 0.15) is 0 Å². The molecular weight excluding hydrogens is 507 g/mol. The zero-order valence-electron chi connectivity index (χ0n) is 21.9. The quantitative estimate of drug-likeness (QED) is 0.356. The number of rotatable bonds is 7. The van der Waals surface area contributed by atoms with E-state index in [0.29, 0.717) is 17.3 Å². The summed E-state index contributed by atoms with van der Waals surface area (Å²) in [6.45, 7) is 1.58. The van der Waals surface area contributed by atoms with E-state index in [2.05, 4.69) is 25.8 Å². The first-order valence-corrected chi connectivity index (χ1v) is 13.5. The van der Waals surface area contributed by atoms with Gasteiger partial charge in [-0.25, -0.2) is 4.98 Å². The highest BCUT2D eigenvalue weighted by Gasteiger charge is 2.32. The number of aromatic nitrogens is 1. The van der Waals surface area contributed by atoms with Gasteiger partial charge in [0, 0.05) is 55.1 Å². The van der Waals surface area contributed by atoms with Gasteiger partial charge in [0.2, 0.25) is 0 Å². The molecule has 0 spiro atoms. The average molecular weight is 542 g/mol. The first kappa shape index (κ1) is 27.1. The number of alkyl halides is 3. The van der Waals surface area contributed by atoms with Crippen LogP contribution in [0.3, 0.4) is 0 Å². The number of carbonyl (C=O) groups excluding carboxylic acids is 1. The fraction of sp³-hybridized carbons (Fsp3) is 0.448. The van der Waals surface area contributed by atoms with Crippen molar-refractivity contribution in [3.8, 4) is 11.3 Å². The summed E-state index contributed by atoms with van der Waals surface area (Å²) >= 11 is 0. The van der Waals surface area contributed by atoms with E-state index in [1.165, 1.54) is 0 Å². The van der Waals surface area contributed by atoms with E-state index >= 15 is 0 Å². The van der Waals surface area contributed by atoms with Crippen LogP contribution in [-0.2, 0) is 6.18 Å². The lowest BCUT2D eigenvalue weighted by atomic mass is 9.89. The summed E-state index contributed by atoms with van der Waals surface area (Å²) in [6.07, 6.45) is 3.58. The number of nitrogens with zero attached hydrogens (tertiary/aromatic N) is 2. The molecule has 2 aromatic carbocycles. The molecule has 3 N–H and O–H groups in total. The normalized spacial score (nSPS) is 21.9. The Bertz CT molecular complexity index is 1260. The average Bonchev–Trinajstić information content (AvgIpc) is 3.42. The van der Waals surface area contributed by atoms with Crippen molar-refractivity contribution >= 4 is 17.6 Å². The smallest absolute Gasteiger partial charge is 0.416 e. The standard InChI is InChI=1S/C29H34F3N5O2/c1-33-27(38)20-7-4-6-19(16-20)26-17-34-28(39-26)36-25-10-3-2-9-24(25)35-22-8-5-15-37(18-22)23-13-11-21(12-14-23)29(30,31)32/h4,6-7,11-14,16-17,22,24-25,35H,2-3,5,8-10,15,18H2,1H3,(H,33,38)(H,34,36)/t22-,24+,25+/m0/s1. The summed E-state index contributed by atoms with van der Waals surface area (Å²) in [7, 11) is 1.60. The minimum atomic E-state index is -4.33. The predicted octanol–water partition coefficient (Wildman–Crippen LogP) is 5.70. The van der Waals surface area contributed by atoms with Crippen molar-refractivity contribution in [2.24, 2.45) is 0 Å². The van der Waals surface area contributed by atoms with Crippen LogP contribution in [0.4, 0.5) is 24.9 Å². The molecule has 1 amide bonds. The Morgan fingerprint density at radius 3 is 2.54 bits per heavy atom. The SMILES string of the molecule is CNC(=O)c1cccc(-c2cnc(N[C@@H]3CCCC[C@H]3N[C@H]3CCCN(c4ccc(C(F)(F)F)cc4)C3)o2)c1. The molecule has 1 saturated heterocycles. The molecule has 1 aromatic heterocycles. The fourth-order valence-corrected chi connectivity index (χ4v) is 5.61. The Morgan fingerprint density at radius 1 is 1.03 bits per heavy atom. The minimum Gasteiger partial charge on any atom is -0.424 e. The van der Waals surface area contributed by atoms with Crippen LogP contribution in [0.15, 0.2) is 59.1 Å². The van der Waals surface area contributed by atoms with E-state index < -0.39 is 11.7 Å². The van der Waals surface area contributed by atoms with Crippen molar-refractivity contribution in [3.05, 3.63) is 65.9 Å². The highest BCUT2D eigenvalue weighted by atomic mass is 19.4. The molecule has 10 heteroatoms. The number of piperidine rings is 1. The van der Waals surface area contributed by atoms with Gasteiger partial charge >= 0.3 is 6.18 Å². The number of halogens is 3. The molecule has 208 valence electrons. The summed E-state index contributed by atoms with van der Waals surface area (Å²) in [4.78, 5) is 18.6. The second-order valence-electron chi connectivity index (χ2n) is 10.3. The zero-order valence-corrected chi connectivity index (χ0v) is 21.9. The van der Waals surface area contributed by atoms with E-state index in [1.54, 1.807) is 37.5 Å². The molecule has 0 bridgehead atoms. The van der Waals surface area contributed by atoms with Crippen molar-refractivity contribution in [2.45, 2.75) is 62.8 Å². The van der Waals surface area contributed by atoms with Crippen LogP contribution in [0.2, 0.25) is 0 Å². The Labute approximate surface area is 226 Å². The van der Waals surface area contributed by atoms with Gasteiger partial charge in [-0.15, -0.1) is 0 Å². The van der Waals surface area contributed by atoms with Gasteiger partial charge in [-0.2, -0.15) is 13.2 Å². The zero-order chi connectivity index (χ0) is 27.4. The Balaban J connectivity index is 1.22. The van der Waals surface area contributed by atoms with Crippen LogP contribution in [0.5, 0.6) is 0 Å². The van der Waals surface area contributed by atoms with Crippen LogP contribution >= 0.6 is 0 Å². The lowest BCUT2D eigenvalue weighted by Crippen LogP contribution is -2.54.